The number of benzene rings is 1. The van der Waals surface area contributed by atoms with Crippen molar-refractivity contribution in [1.82, 2.24) is 5.32 Å². The molecule has 2 fully saturated rings. The van der Waals surface area contributed by atoms with E-state index < -0.39 is 23.7 Å². The Bertz CT molecular complexity index is 777. The number of aliphatic carboxylic acids is 2. The highest BCUT2D eigenvalue weighted by atomic mass is 35.5. The van der Waals surface area contributed by atoms with Crippen LogP contribution in [-0.2, 0) is 9.59 Å². The second-order valence-electron chi connectivity index (χ2n) is 7.20. The molecule has 3 rings (SSSR count). The van der Waals surface area contributed by atoms with Gasteiger partial charge in [0.05, 0.1) is 5.02 Å². The smallest absolute Gasteiger partial charge is 0.332 e. The lowest BCUT2D eigenvalue weighted by Gasteiger charge is -2.51. The number of carboxylic acid groups (broad SMARTS) is 2. The van der Waals surface area contributed by atoms with Crippen molar-refractivity contribution in [1.29, 1.82) is 0 Å². The molecule has 0 amide bonds. The van der Waals surface area contributed by atoms with Crippen LogP contribution in [-0.4, -0.2) is 48.3 Å². The third-order valence-electron chi connectivity index (χ3n) is 5.79. The van der Waals surface area contributed by atoms with E-state index >= 15 is 0 Å². The van der Waals surface area contributed by atoms with Crippen LogP contribution in [0.4, 0.5) is 10.1 Å². The van der Waals surface area contributed by atoms with Crippen molar-refractivity contribution >= 4 is 29.2 Å². The molecule has 3 N–H and O–H groups in total. The lowest BCUT2D eigenvalue weighted by molar-refractivity contribution is -0.136. The molecule has 2 heterocycles. The summed E-state index contributed by atoms with van der Waals surface area (Å²) in [6.45, 7) is 2.59. The molecule has 146 valence electrons. The van der Waals surface area contributed by atoms with Gasteiger partial charge in [0, 0.05) is 36.3 Å². The van der Waals surface area contributed by atoms with Crippen LogP contribution in [0.15, 0.2) is 29.8 Å². The molecule has 1 aromatic carbocycles. The van der Waals surface area contributed by atoms with Gasteiger partial charge in [0.15, 0.2) is 0 Å². The highest BCUT2D eigenvalue weighted by Crippen LogP contribution is 2.48. The largest absolute Gasteiger partial charge is 0.478 e. The average molecular weight is 397 g/mol. The van der Waals surface area contributed by atoms with Gasteiger partial charge in [0.2, 0.25) is 0 Å². The van der Waals surface area contributed by atoms with Crippen molar-refractivity contribution in [3.63, 3.8) is 0 Å². The third-order valence-corrected chi connectivity index (χ3v) is 6.08. The summed E-state index contributed by atoms with van der Waals surface area (Å²) in [6.07, 6.45) is 3.14. The monoisotopic (exact) mass is 396 g/mol. The Balaban J connectivity index is 1.97. The molecule has 0 bridgehead atoms. The zero-order chi connectivity index (χ0) is 19.6. The van der Waals surface area contributed by atoms with Crippen LogP contribution >= 0.6 is 11.6 Å². The molecule has 1 unspecified atom stereocenters. The van der Waals surface area contributed by atoms with Crippen molar-refractivity contribution in [3.05, 3.63) is 40.7 Å². The number of hydrogen-bond donors (Lipinski definition) is 3. The van der Waals surface area contributed by atoms with E-state index in [9.17, 15) is 24.2 Å². The quantitative estimate of drug-likeness (QED) is 0.678. The second-order valence-corrected chi connectivity index (χ2v) is 7.61. The first-order valence-electron chi connectivity index (χ1n) is 8.91. The first kappa shape index (κ1) is 19.6. The Hall–Kier alpha value is -2.12. The summed E-state index contributed by atoms with van der Waals surface area (Å²) in [7, 11) is 0. The number of carbonyl (C=O) groups is 2. The number of halogens is 2. The predicted octanol–water partition coefficient (Wildman–Crippen LogP) is 2.77. The van der Waals surface area contributed by atoms with Crippen molar-refractivity contribution in [2.75, 3.05) is 31.1 Å². The van der Waals surface area contributed by atoms with Crippen LogP contribution in [0.3, 0.4) is 0 Å². The summed E-state index contributed by atoms with van der Waals surface area (Å²) >= 11 is 5.90. The first-order chi connectivity index (χ1) is 12.8. The number of carboxylic acids is 2. The minimum atomic E-state index is -1.27. The van der Waals surface area contributed by atoms with Crippen LogP contribution in [0.2, 0.25) is 5.02 Å². The van der Waals surface area contributed by atoms with Gasteiger partial charge in [0.25, 0.3) is 0 Å². The minimum absolute atomic E-state index is 0.00531. The first-order valence-corrected chi connectivity index (χ1v) is 9.29. The van der Waals surface area contributed by atoms with Crippen molar-refractivity contribution in [3.8, 4) is 0 Å². The van der Waals surface area contributed by atoms with E-state index in [1.54, 1.807) is 6.07 Å². The number of nitrogens with zero attached hydrogens (tertiary/aromatic N) is 1. The van der Waals surface area contributed by atoms with Crippen LogP contribution in [0, 0.1) is 17.2 Å². The van der Waals surface area contributed by atoms with Gasteiger partial charge in [-0.05, 0) is 56.0 Å². The summed E-state index contributed by atoms with van der Waals surface area (Å²) < 4.78 is 13.5. The van der Waals surface area contributed by atoms with Gasteiger partial charge in [-0.15, -0.1) is 0 Å². The highest BCUT2D eigenvalue weighted by Gasteiger charge is 2.46. The van der Waals surface area contributed by atoms with E-state index in [0.29, 0.717) is 18.8 Å². The van der Waals surface area contributed by atoms with Crippen LogP contribution in [0.1, 0.15) is 19.3 Å². The Morgan fingerprint density at radius 3 is 2.56 bits per heavy atom. The summed E-state index contributed by atoms with van der Waals surface area (Å²) in [6, 6.07) is 4.42. The molecule has 0 radical (unpaired) electrons. The lowest BCUT2D eigenvalue weighted by atomic mass is 9.62. The van der Waals surface area contributed by atoms with Gasteiger partial charge >= 0.3 is 11.9 Å². The number of anilines is 1. The fraction of sp³-hybridized carbons (Fsp3) is 0.474. The van der Waals surface area contributed by atoms with Gasteiger partial charge < -0.3 is 20.4 Å². The van der Waals surface area contributed by atoms with Crippen LogP contribution in [0.25, 0.3) is 0 Å². The Kier molecular flexibility index (Phi) is 5.72. The molecule has 2 aliphatic heterocycles. The molecular weight excluding hydrogens is 375 g/mol. The van der Waals surface area contributed by atoms with Gasteiger partial charge in [0.1, 0.15) is 5.82 Å². The van der Waals surface area contributed by atoms with Gasteiger partial charge in [-0.1, -0.05) is 11.6 Å². The number of hydrogen-bond acceptors (Lipinski definition) is 4. The molecule has 0 aromatic heterocycles. The van der Waals surface area contributed by atoms with E-state index in [1.807, 2.05) is 4.90 Å². The molecule has 1 aromatic rings. The van der Waals surface area contributed by atoms with Crippen LogP contribution < -0.4 is 10.2 Å². The fourth-order valence-electron chi connectivity index (χ4n) is 4.35. The summed E-state index contributed by atoms with van der Waals surface area (Å²) in [5.41, 5.74) is 0.364. The number of rotatable bonds is 4. The Labute approximate surface area is 161 Å². The number of piperidine rings is 2. The maximum absolute atomic E-state index is 13.5. The molecule has 1 atom stereocenters. The zero-order valence-electron chi connectivity index (χ0n) is 14.8. The Morgan fingerprint density at radius 2 is 1.96 bits per heavy atom. The minimum Gasteiger partial charge on any atom is -0.478 e. The molecule has 0 saturated carbocycles. The molecule has 6 nitrogen and oxygen atoms in total. The zero-order valence-corrected chi connectivity index (χ0v) is 15.5. The van der Waals surface area contributed by atoms with E-state index in [-0.39, 0.29) is 16.0 Å². The molecule has 27 heavy (non-hydrogen) atoms. The molecule has 8 heteroatoms. The van der Waals surface area contributed by atoms with Gasteiger partial charge in [-0.3, -0.25) is 0 Å². The van der Waals surface area contributed by atoms with Gasteiger partial charge in [-0.25, -0.2) is 14.0 Å². The fourth-order valence-corrected chi connectivity index (χ4v) is 4.52. The lowest BCUT2D eigenvalue weighted by Crippen LogP contribution is -2.53. The average Bonchev–Trinajstić information content (AvgIpc) is 2.63. The summed E-state index contributed by atoms with van der Waals surface area (Å²) in [5, 5.41) is 22.2. The molecular formula is C19H22ClFN2O4. The highest BCUT2D eigenvalue weighted by molar-refractivity contribution is 6.31. The molecule has 2 saturated heterocycles. The van der Waals surface area contributed by atoms with Crippen molar-refractivity contribution in [2.45, 2.75) is 19.3 Å². The summed E-state index contributed by atoms with van der Waals surface area (Å²) in [5.74, 6) is -3.43. The van der Waals surface area contributed by atoms with E-state index in [0.717, 1.165) is 38.4 Å². The standard InChI is InChI=1S/C19H22ClFN2O4/c20-15-9-12(1-2-16(15)21)23-8-5-19(3-6-22-7-4-19)14(11-23)13(18(26)27)10-17(24)25/h1-2,9-10,14,22H,3-8,11H2,(H,24,25)(H,26,27)/b13-10+. The second kappa shape index (κ2) is 7.86. The topological polar surface area (TPSA) is 89.9 Å². The maximum Gasteiger partial charge on any atom is 0.332 e. The Morgan fingerprint density at radius 1 is 1.26 bits per heavy atom. The molecule has 2 aliphatic rings. The normalized spacial score (nSPS) is 22.7. The van der Waals surface area contributed by atoms with E-state index in [2.05, 4.69) is 5.32 Å². The maximum atomic E-state index is 13.5. The van der Waals surface area contributed by atoms with Crippen molar-refractivity contribution < 1.29 is 24.2 Å². The summed E-state index contributed by atoms with van der Waals surface area (Å²) in [4.78, 5) is 25.1. The molecule has 0 aliphatic carbocycles. The molecule has 1 spiro atoms. The van der Waals surface area contributed by atoms with E-state index in [4.69, 9.17) is 11.6 Å². The van der Waals surface area contributed by atoms with E-state index in [1.165, 1.54) is 12.1 Å². The van der Waals surface area contributed by atoms with Crippen molar-refractivity contribution in [2.24, 2.45) is 11.3 Å². The predicted molar refractivity (Wildman–Crippen MR) is 99.6 cm³/mol. The third kappa shape index (κ3) is 4.09. The van der Waals surface area contributed by atoms with Gasteiger partial charge in [-0.2, -0.15) is 0 Å². The number of nitrogens with one attached hydrogen (secondary N) is 1. The SMILES string of the molecule is O=C(O)/C=C(/C(=O)O)C1CN(c2ccc(F)c(Cl)c2)CCC12CCNCC2. The van der Waals surface area contributed by atoms with Crippen LogP contribution in [0.5, 0.6) is 0 Å².